The molecule has 7 heteroatoms. The number of aromatic nitrogens is 2. The van der Waals surface area contributed by atoms with E-state index in [2.05, 4.69) is 42.4 Å². The molecule has 2 aromatic rings. The van der Waals surface area contributed by atoms with Gasteiger partial charge in [0.05, 0.1) is 6.61 Å². The smallest absolute Gasteiger partial charge is 0.271 e. The number of carbonyl (C=O) groups excluding carboxylic acids is 1. The van der Waals surface area contributed by atoms with Crippen molar-refractivity contribution in [3.63, 3.8) is 0 Å². The molecule has 1 aromatic carbocycles. The second kappa shape index (κ2) is 7.06. The van der Waals surface area contributed by atoms with Gasteiger partial charge in [-0.05, 0) is 23.8 Å². The molecule has 3 rings (SSSR count). The number of anilines is 1. The highest BCUT2D eigenvalue weighted by atomic mass is 79.9. The van der Waals surface area contributed by atoms with Gasteiger partial charge in [0.1, 0.15) is 6.10 Å². The lowest BCUT2D eigenvalue weighted by Gasteiger charge is -2.34. The SMILES string of the molecule is CNC(=O)c1ccc(N2CCOC(c3ccccc3Br)C2)nn1. The molecule has 1 fully saturated rings. The molecule has 1 amide bonds. The number of ether oxygens (including phenoxy) is 1. The third kappa shape index (κ3) is 3.51. The van der Waals surface area contributed by atoms with Crippen LogP contribution in [-0.2, 0) is 4.74 Å². The van der Waals surface area contributed by atoms with Crippen LogP contribution in [0.3, 0.4) is 0 Å². The number of carbonyl (C=O) groups is 1. The fourth-order valence-corrected chi connectivity index (χ4v) is 3.06. The predicted molar refractivity (Wildman–Crippen MR) is 90.5 cm³/mol. The van der Waals surface area contributed by atoms with Crippen molar-refractivity contribution < 1.29 is 9.53 Å². The Morgan fingerprint density at radius 2 is 2.13 bits per heavy atom. The molecule has 23 heavy (non-hydrogen) atoms. The minimum absolute atomic E-state index is 0.0280. The van der Waals surface area contributed by atoms with Gasteiger partial charge in [-0.3, -0.25) is 4.79 Å². The van der Waals surface area contributed by atoms with E-state index in [9.17, 15) is 4.79 Å². The number of rotatable bonds is 3. The van der Waals surface area contributed by atoms with Crippen molar-refractivity contribution in [2.24, 2.45) is 0 Å². The Balaban J connectivity index is 1.76. The van der Waals surface area contributed by atoms with Crippen LogP contribution in [0.4, 0.5) is 5.82 Å². The Morgan fingerprint density at radius 1 is 1.30 bits per heavy atom. The minimum atomic E-state index is -0.239. The zero-order valence-electron chi connectivity index (χ0n) is 12.7. The number of halogens is 1. The highest BCUT2D eigenvalue weighted by Crippen LogP contribution is 2.29. The summed E-state index contributed by atoms with van der Waals surface area (Å²) < 4.78 is 6.93. The summed E-state index contributed by atoms with van der Waals surface area (Å²) in [7, 11) is 1.57. The van der Waals surface area contributed by atoms with Crippen molar-refractivity contribution >= 4 is 27.7 Å². The van der Waals surface area contributed by atoms with Crippen LogP contribution in [0.5, 0.6) is 0 Å². The molecule has 120 valence electrons. The zero-order valence-corrected chi connectivity index (χ0v) is 14.3. The number of benzene rings is 1. The van der Waals surface area contributed by atoms with Gasteiger partial charge in [-0.1, -0.05) is 34.1 Å². The van der Waals surface area contributed by atoms with Crippen LogP contribution in [0, 0.1) is 0 Å². The third-order valence-electron chi connectivity index (χ3n) is 3.75. The topological polar surface area (TPSA) is 67.4 Å². The average Bonchev–Trinajstić information content (AvgIpc) is 2.62. The van der Waals surface area contributed by atoms with Gasteiger partial charge in [-0.25, -0.2) is 0 Å². The zero-order chi connectivity index (χ0) is 16.2. The van der Waals surface area contributed by atoms with Crippen molar-refractivity contribution in [3.8, 4) is 0 Å². The summed E-state index contributed by atoms with van der Waals surface area (Å²) in [4.78, 5) is 13.6. The number of amides is 1. The fourth-order valence-electron chi connectivity index (χ4n) is 2.52. The van der Waals surface area contributed by atoms with Crippen molar-refractivity contribution in [1.29, 1.82) is 0 Å². The summed E-state index contributed by atoms with van der Waals surface area (Å²) in [6.45, 7) is 2.05. The van der Waals surface area contributed by atoms with Gasteiger partial charge in [-0.15, -0.1) is 10.2 Å². The van der Waals surface area contributed by atoms with Crippen LogP contribution in [-0.4, -0.2) is 42.8 Å². The highest BCUT2D eigenvalue weighted by Gasteiger charge is 2.24. The lowest BCUT2D eigenvalue weighted by molar-refractivity contribution is 0.0390. The number of morpholine rings is 1. The molecule has 1 saturated heterocycles. The summed E-state index contributed by atoms with van der Waals surface area (Å²) in [6.07, 6.45) is -0.0280. The molecule has 1 aliphatic heterocycles. The molecule has 1 aliphatic rings. The summed E-state index contributed by atoms with van der Waals surface area (Å²) in [5.74, 6) is 0.509. The Labute approximate surface area is 143 Å². The fraction of sp³-hybridized carbons (Fsp3) is 0.312. The first kappa shape index (κ1) is 15.9. The van der Waals surface area contributed by atoms with E-state index >= 15 is 0 Å². The Bertz CT molecular complexity index is 693. The van der Waals surface area contributed by atoms with Gasteiger partial charge in [-0.2, -0.15) is 0 Å². The van der Waals surface area contributed by atoms with Gasteiger partial charge in [0.15, 0.2) is 11.5 Å². The highest BCUT2D eigenvalue weighted by molar-refractivity contribution is 9.10. The maximum atomic E-state index is 11.5. The molecule has 1 unspecified atom stereocenters. The molecule has 0 radical (unpaired) electrons. The van der Waals surface area contributed by atoms with Gasteiger partial charge >= 0.3 is 0 Å². The molecule has 1 atom stereocenters. The minimum Gasteiger partial charge on any atom is -0.370 e. The first-order valence-corrected chi connectivity index (χ1v) is 8.15. The standard InChI is InChI=1S/C16H17BrN4O2/c1-18-16(22)13-6-7-15(20-19-13)21-8-9-23-14(10-21)11-4-2-3-5-12(11)17/h2-7,14H,8-10H2,1H3,(H,18,22). The van der Waals surface area contributed by atoms with Gasteiger partial charge in [0.25, 0.3) is 5.91 Å². The maximum absolute atomic E-state index is 11.5. The monoisotopic (exact) mass is 376 g/mol. The molecule has 6 nitrogen and oxygen atoms in total. The Hall–Kier alpha value is -1.99. The van der Waals surface area contributed by atoms with E-state index in [-0.39, 0.29) is 12.0 Å². The number of nitrogens with one attached hydrogen (secondary N) is 1. The van der Waals surface area contributed by atoms with E-state index in [1.54, 1.807) is 13.1 Å². The largest absolute Gasteiger partial charge is 0.370 e. The van der Waals surface area contributed by atoms with Crippen molar-refractivity contribution in [1.82, 2.24) is 15.5 Å². The summed E-state index contributed by atoms with van der Waals surface area (Å²) in [6, 6.07) is 11.6. The van der Waals surface area contributed by atoms with Crippen LogP contribution in [0.2, 0.25) is 0 Å². The first-order chi connectivity index (χ1) is 11.2. The summed E-state index contributed by atoms with van der Waals surface area (Å²) in [5, 5.41) is 10.7. The molecule has 0 bridgehead atoms. The van der Waals surface area contributed by atoms with E-state index in [0.29, 0.717) is 18.8 Å². The molecular formula is C16H17BrN4O2. The molecule has 1 N–H and O–H groups in total. The predicted octanol–water partition coefficient (Wildman–Crippen LogP) is 2.18. The normalized spacial score (nSPS) is 17.8. The summed E-state index contributed by atoms with van der Waals surface area (Å²) in [5.41, 5.74) is 1.43. The van der Waals surface area contributed by atoms with Crippen molar-refractivity contribution in [2.45, 2.75) is 6.10 Å². The van der Waals surface area contributed by atoms with Crippen LogP contribution >= 0.6 is 15.9 Å². The van der Waals surface area contributed by atoms with E-state index in [0.717, 1.165) is 22.4 Å². The van der Waals surface area contributed by atoms with E-state index < -0.39 is 0 Å². The lowest BCUT2D eigenvalue weighted by atomic mass is 10.1. The Morgan fingerprint density at radius 3 is 2.83 bits per heavy atom. The second-order valence-corrected chi connectivity index (χ2v) is 6.04. The lowest BCUT2D eigenvalue weighted by Crippen LogP contribution is -2.39. The molecule has 1 aromatic heterocycles. The number of hydrogen-bond donors (Lipinski definition) is 1. The van der Waals surface area contributed by atoms with Crippen LogP contribution in [0.1, 0.15) is 22.2 Å². The molecule has 0 aliphatic carbocycles. The summed E-state index contributed by atoms with van der Waals surface area (Å²) >= 11 is 3.57. The van der Waals surface area contributed by atoms with Gasteiger partial charge in [0, 0.05) is 24.6 Å². The van der Waals surface area contributed by atoms with E-state index in [4.69, 9.17) is 4.74 Å². The first-order valence-electron chi connectivity index (χ1n) is 7.36. The molecule has 0 spiro atoms. The second-order valence-electron chi connectivity index (χ2n) is 5.18. The van der Waals surface area contributed by atoms with Crippen LogP contribution < -0.4 is 10.2 Å². The third-order valence-corrected chi connectivity index (χ3v) is 4.47. The maximum Gasteiger partial charge on any atom is 0.271 e. The van der Waals surface area contributed by atoms with Crippen molar-refractivity contribution in [3.05, 3.63) is 52.1 Å². The molecule has 0 saturated carbocycles. The van der Waals surface area contributed by atoms with E-state index in [1.165, 1.54) is 0 Å². The Kier molecular flexibility index (Phi) is 4.88. The van der Waals surface area contributed by atoms with Crippen molar-refractivity contribution in [2.75, 3.05) is 31.6 Å². The quantitative estimate of drug-likeness (QED) is 0.888. The molecule has 2 heterocycles. The average molecular weight is 377 g/mol. The van der Waals surface area contributed by atoms with Gasteiger partial charge in [0.2, 0.25) is 0 Å². The van der Waals surface area contributed by atoms with Crippen LogP contribution in [0.15, 0.2) is 40.9 Å². The van der Waals surface area contributed by atoms with Crippen LogP contribution in [0.25, 0.3) is 0 Å². The van der Waals surface area contributed by atoms with E-state index in [1.807, 2.05) is 24.3 Å². The molecular weight excluding hydrogens is 360 g/mol. The number of nitrogens with zero attached hydrogens (tertiary/aromatic N) is 3. The number of hydrogen-bond acceptors (Lipinski definition) is 5. The van der Waals surface area contributed by atoms with Gasteiger partial charge < -0.3 is 15.0 Å².